The van der Waals surface area contributed by atoms with Crippen molar-refractivity contribution in [3.05, 3.63) is 53.1 Å². The van der Waals surface area contributed by atoms with E-state index in [-0.39, 0.29) is 54.4 Å². The summed E-state index contributed by atoms with van der Waals surface area (Å²) < 4.78 is 0. The number of hydrogen-bond donors (Lipinski definition) is 3. The number of fused-ring (bicyclic) bond motifs is 1. The van der Waals surface area contributed by atoms with E-state index < -0.39 is 12.5 Å². The number of ketones is 3. The van der Waals surface area contributed by atoms with Gasteiger partial charge in [0.1, 0.15) is 17.3 Å². The van der Waals surface area contributed by atoms with Gasteiger partial charge in [-0.2, -0.15) is 0 Å². The Hall–Kier alpha value is -2.87. The molecule has 7 heteroatoms. The Morgan fingerprint density at radius 3 is 2.37 bits per heavy atom. The van der Waals surface area contributed by atoms with Gasteiger partial charge in [-0.3, -0.25) is 19.3 Å². The van der Waals surface area contributed by atoms with Crippen molar-refractivity contribution < 1.29 is 29.7 Å². The Balaban J connectivity index is 1.57. The minimum atomic E-state index is -0.755. The lowest BCUT2D eigenvalue weighted by atomic mass is 9.72. The molecular weight excluding hydrogens is 482 g/mol. The van der Waals surface area contributed by atoms with E-state index in [9.17, 15) is 29.7 Å². The summed E-state index contributed by atoms with van der Waals surface area (Å²) in [6.45, 7) is 3.98. The molecule has 7 nitrogen and oxygen atoms in total. The molecule has 1 aliphatic heterocycles. The second kappa shape index (κ2) is 12.8. The van der Waals surface area contributed by atoms with Crippen LogP contribution >= 0.6 is 0 Å². The number of rotatable bonds is 12. The van der Waals surface area contributed by atoms with E-state index in [2.05, 4.69) is 29.2 Å². The van der Waals surface area contributed by atoms with Crippen LogP contribution in [0.5, 0.6) is 5.75 Å². The number of aromatic hydroxyl groups is 1. The molecule has 0 amide bonds. The summed E-state index contributed by atoms with van der Waals surface area (Å²) >= 11 is 0. The van der Waals surface area contributed by atoms with Crippen molar-refractivity contribution in [3.63, 3.8) is 0 Å². The van der Waals surface area contributed by atoms with Crippen molar-refractivity contribution in [2.75, 3.05) is 26.3 Å². The molecule has 38 heavy (non-hydrogen) atoms. The summed E-state index contributed by atoms with van der Waals surface area (Å²) in [6.07, 6.45) is 3.78. The Kier molecular flexibility index (Phi) is 9.47. The molecule has 1 aliphatic carbocycles. The third-order valence-electron chi connectivity index (χ3n) is 8.14. The highest BCUT2D eigenvalue weighted by atomic mass is 16.3. The number of aliphatic hydroxyl groups excluding tert-OH is 2. The Morgan fingerprint density at radius 1 is 1.03 bits per heavy atom. The minimum Gasteiger partial charge on any atom is -0.507 e. The number of phenolic OH excluding ortho intramolecular Hbond substituents is 1. The molecule has 0 radical (unpaired) electrons. The van der Waals surface area contributed by atoms with Gasteiger partial charge in [0.15, 0.2) is 5.78 Å². The zero-order chi connectivity index (χ0) is 27.2. The van der Waals surface area contributed by atoms with Crippen LogP contribution in [0.25, 0.3) is 11.1 Å². The van der Waals surface area contributed by atoms with Gasteiger partial charge in [0.2, 0.25) is 0 Å². The summed E-state index contributed by atoms with van der Waals surface area (Å²) in [5, 5.41) is 30.2. The highest BCUT2D eigenvalue weighted by Crippen LogP contribution is 2.41. The predicted molar refractivity (Wildman–Crippen MR) is 145 cm³/mol. The van der Waals surface area contributed by atoms with Crippen LogP contribution in [-0.2, 0) is 22.6 Å². The van der Waals surface area contributed by atoms with Crippen LogP contribution in [0, 0.1) is 17.8 Å². The zero-order valence-electron chi connectivity index (χ0n) is 22.2. The molecule has 3 atom stereocenters. The molecule has 1 heterocycles. The maximum atomic E-state index is 13.2. The van der Waals surface area contributed by atoms with E-state index in [0.717, 1.165) is 36.3 Å². The van der Waals surface area contributed by atoms with E-state index in [1.54, 1.807) is 6.07 Å². The van der Waals surface area contributed by atoms with Crippen LogP contribution in [0.1, 0.15) is 66.9 Å². The number of nitrogens with zero attached hydrogens (tertiary/aromatic N) is 1. The monoisotopic (exact) mass is 521 g/mol. The predicted octanol–water partition coefficient (Wildman–Crippen LogP) is 3.95. The van der Waals surface area contributed by atoms with Crippen molar-refractivity contribution in [2.45, 2.75) is 58.4 Å². The molecule has 1 fully saturated rings. The van der Waals surface area contributed by atoms with Gasteiger partial charge in [-0.05, 0) is 92.3 Å². The number of carbonyl (C=O) groups excluding carboxylic acids is 3. The molecule has 2 aromatic carbocycles. The fourth-order valence-electron chi connectivity index (χ4n) is 6.28. The van der Waals surface area contributed by atoms with E-state index in [4.69, 9.17) is 0 Å². The maximum Gasteiger partial charge on any atom is 0.167 e. The van der Waals surface area contributed by atoms with Gasteiger partial charge in [-0.1, -0.05) is 30.3 Å². The van der Waals surface area contributed by atoms with E-state index in [1.807, 2.05) is 6.07 Å². The van der Waals surface area contributed by atoms with Crippen LogP contribution in [0.3, 0.4) is 0 Å². The van der Waals surface area contributed by atoms with Crippen molar-refractivity contribution in [1.29, 1.82) is 0 Å². The fourth-order valence-corrected chi connectivity index (χ4v) is 6.28. The van der Waals surface area contributed by atoms with Gasteiger partial charge in [0, 0.05) is 25.5 Å². The third-order valence-corrected chi connectivity index (χ3v) is 8.14. The number of likely N-dealkylation sites (tertiary alicyclic amines) is 1. The first kappa shape index (κ1) is 28.1. The molecule has 3 unspecified atom stereocenters. The molecule has 0 bridgehead atoms. The summed E-state index contributed by atoms with van der Waals surface area (Å²) in [4.78, 5) is 39.9. The molecule has 2 aromatic rings. The first-order valence-corrected chi connectivity index (χ1v) is 13.7. The van der Waals surface area contributed by atoms with E-state index >= 15 is 0 Å². The number of benzene rings is 2. The van der Waals surface area contributed by atoms with Crippen LogP contribution in [0.2, 0.25) is 0 Å². The van der Waals surface area contributed by atoms with Crippen LogP contribution in [0.4, 0.5) is 0 Å². The lowest BCUT2D eigenvalue weighted by Crippen LogP contribution is -2.32. The van der Waals surface area contributed by atoms with Gasteiger partial charge in [-0.15, -0.1) is 0 Å². The number of hydrogen-bond acceptors (Lipinski definition) is 7. The maximum absolute atomic E-state index is 13.2. The summed E-state index contributed by atoms with van der Waals surface area (Å²) in [7, 11) is 0. The molecule has 1 saturated heterocycles. The fraction of sp³-hybridized carbons (Fsp3) is 0.516. The molecular formula is C31H39NO6. The Morgan fingerprint density at radius 2 is 1.74 bits per heavy atom. The van der Waals surface area contributed by atoms with Crippen LogP contribution in [-0.4, -0.2) is 63.9 Å². The number of aliphatic hydroxyl groups is 2. The molecule has 0 saturated carbocycles. The zero-order valence-corrected chi connectivity index (χ0v) is 22.2. The Labute approximate surface area is 224 Å². The first-order valence-electron chi connectivity index (χ1n) is 13.7. The minimum absolute atomic E-state index is 0.0189. The number of carbonyl (C=O) groups is 3. The molecule has 2 aliphatic rings. The highest BCUT2D eigenvalue weighted by molar-refractivity contribution is 6.03. The lowest BCUT2D eigenvalue weighted by Gasteiger charge is -2.31. The van der Waals surface area contributed by atoms with Gasteiger partial charge < -0.3 is 15.3 Å². The van der Waals surface area contributed by atoms with E-state index in [1.165, 1.54) is 25.3 Å². The summed E-state index contributed by atoms with van der Waals surface area (Å²) in [6, 6.07) is 11.8. The summed E-state index contributed by atoms with van der Waals surface area (Å²) in [5.41, 5.74) is 4.31. The molecule has 4 rings (SSSR count). The number of Topliss-reactive ketones (excluding diaryl/α,β-unsaturated/α-hetero) is 3. The quantitative estimate of drug-likeness (QED) is 0.362. The Bertz CT molecular complexity index is 1150. The topological polar surface area (TPSA) is 115 Å². The largest absolute Gasteiger partial charge is 0.507 e. The smallest absolute Gasteiger partial charge is 0.167 e. The average Bonchev–Trinajstić information content (AvgIpc) is 3.38. The van der Waals surface area contributed by atoms with Gasteiger partial charge in [0.05, 0.1) is 18.6 Å². The third kappa shape index (κ3) is 6.57. The average molecular weight is 522 g/mol. The highest BCUT2D eigenvalue weighted by Gasteiger charge is 2.35. The van der Waals surface area contributed by atoms with E-state index in [0.29, 0.717) is 24.8 Å². The second-order valence-corrected chi connectivity index (χ2v) is 11.0. The van der Waals surface area contributed by atoms with Crippen molar-refractivity contribution >= 4 is 17.3 Å². The van der Waals surface area contributed by atoms with Gasteiger partial charge >= 0.3 is 0 Å². The van der Waals surface area contributed by atoms with Crippen LogP contribution in [0.15, 0.2) is 36.4 Å². The molecule has 204 valence electrons. The molecule has 0 spiro atoms. The SMILES string of the molecule is CC(=O)CC(=O)C(CO)C(CCO)CC1CC(=O)c2c(O)ccc(-c3ccc(CN4CCCC4)cc3)c2C1. The van der Waals surface area contributed by atoms with Gasteiger partial charge in [0.25, 0.3) is 0 Å². The molecule has 0 aromatic heterocycles. The lowest BCUT2D eigenvalue weighted by molar-refractivity contribution is -0.131. The van der Waals surface area contributed by atoms with Crippen molar-refractivity contribution in [2.24, 2.45) is 17.8 Å². The summed E-state index contributed by atoms with van der Waals surface area (Å²) in [5.74, 6) is -1.95. The first-order chi connectivity index (χ1) is 18.3. The second-order valence-electron chi connectivity index (χ2n) is 11.0. The molecule has 3 N–H and O–H groups in total. The van der Waals surface area contributed by atoms with Crippen molar-refractivity contribution in [1.82, 2.24) is 4.90 Å². The van der Waals surface area contributed by atoms with Gasteiger partial charge in [-0.25, -0.2) is 0 Å². The van der Waals surface area contributed by atoms with Crippen LogP contribution < -0.4 is 0 Å². The normalized spacial score (nSPS) is 19.2. The standard InChI is InChI=1S/C31H39NO6/c1-20(35)14-29(37)27(19-34)24(10-13-33)15-22-16-26-25(8-9-28(36)31(26)30(38)17-22)23-6-4-21(5-7-23)18-32-11-2-3-12-32/h4-9,22,24,27,33-34,36H,2-3,10-19H2,1H3. The number of phenols is 1. The van der Waals surface area contributed by atoms with Crippen molar-refractivity contribution in [3.8, 4) is 16.9 Å².